The first kappa shape index (κ1) is 79.9. The molecular formula is C133H92N6. The number of benzene rings is 21. The molecule has 654 valence electrons. The van der Waals surface area contributed by atoms with E-state index in [-0.39, 0.29) is 10.8 Å². The van der Waals surface area contributed by atoms with Gasteiger partial charge in [-0.25, -0.2) is 0 Å². The molecule has 6 heteroatoms. The van der Waals surface area contributed by atoms with E-state index in [2.05, 4.69) is 541 Å². The third-order valence-electron chi connectivity index (χ3n) is 30.9. The van der Waals surface area contributed by atoms with Crippen LogP contribution in [0.3, 0.4) is 0 Å². The highest BCUT2D eigenvalue weighted by molar-refractivity contribution is 6.27. The lowest BCUT2D eigenvalue weighted by atomic mass is 9.62. The number of rotatable bonds is 10. The van der Waals surface area contributed by atoms with Gasteiger partial charge in [0.2, 0.25) is 0 Å². The molecule has 0 bridgehead atoms. The van der Waals surface area contributed by atoms with E-state index in [1.807, 2.05) is 0 Å². The topological polar surface area (TPSA) is 25.2 Å². The van der Waals surface area contributed by atoms with Crippen molar-refractivity contribution >= 4 is 154 Å². The highest BCUT2D eigenvalue weighted by Crippen LogP contribution is 2.60. The molecule has 0 amide bonds. The molecule has 0 spiro atoms. The number of para-hydroxylation sites is 8. The van der Waals surface area contributed by atoms with Crippen molar-refractivity contribution in [1.82, 2.24) is 17.9 Å². The summed E-state index contributed by atoms with van der Waals surface area (Å²) in [5.41, 5.74) is 41.9. The van der Waals surface area contributed by atoms with Gasteiger partial charge < -0.3 is 27.7 Å². The van der Waals surface area contributed by atoms with Gasteiger partial charge in [0.15, 0.2) is 0 Å². The number of hydrogen-bond acceptors (Lipinski definition) is 2. The molecule has 6 aromatic heterocycles. The normalized spacial score (nSPS) is 13.6. The summed E-state index contributed by atoms with van der Waals surface area (Å²) in [5, 5.41) is 15.4. The first-order valence-corrected chi connectivity index (χ1v) is 48.5. The maximum atomic E-state index is 2.50. The lowest BCUT2D eigenvalue weighted by Crippen LogP contribution is -2.37. The van der Waals surface area contributed by atoms with Crippen molar-refractivity contribution < 1.29 is 0 Å². The highest BCUT2D eigenvalue weighted by Gasteiger charge is 2.47. The molecule has 0 saturated carbocycles. The van der Waals surface area contributed by atoms with E-state index in [9.17, 15) is 0 Å². The molecule has 21 aromatic carbocycles. The molecule has 6 nitrogen and oxygen atoms in total. The van der Waals surface area contributed by atoms with Crippen LogP contribution in [0.1, 0.15) is 72.2 Å². The van der Waals surface area contributed by atoms with Crippen LogP contribution in [0.2, 0.25) is 0 Å². The van der Waals surface area contributed by atoms with Gasteiger partial charge in [0, 0.05) is 104 Å². The van der Waals surface area contributed by atoms with Crippen molar-refractivity contribution in [3.8, 4) is 55.9 Å². The van der Waals surface area contributed by atoms with Crippen LogP contribution in [0, 0.1) is 0 Å². The molecule has 0 fully saturated rings. The van der Waals surface area contributed by atoms with E-state index >= 15 is 0 Å². The minimum Gasteiger partial charge on any atom is -0.310 e. The molecular weight excluding hydrogens is 1680 g/mol. The summed E-state index contributed by atoms with van der Waals surface area (Å²) >= 11 is 0. The average molecular weight is 1770 g/mol. The summed E-state index contributed by atoms with van der Waals surface area (Å²) in [6, 6.07) is 179. The Morgan fingerprint density at radius 3 is 1.01 bits per heavy atom. The molecule has 8 heterocycles. The summed E-state index contributed by atoms with van der Waals surface area (Å²) < 4.78 is 9.87. The molecule has 2 aliphatic heterocycles. The van der Waals surface area contributed by atoms with Crippen LogP contribution in [-0.4, -0.2) is 17.9 Å². The summed E-state index contributed by atoms with van der Waals surface area (Å²) in [7, 11) is 0. The van der Waals surface area contributed by atoms with Crippen LogP contribution in [0.25, 0.3) is 176 Å². The predicted octanol–water partition coefficient (Wildman–Crippen LogP) is 35.1. The van der Waals surface area contributed by atoms with E-state index in [0.29, 0.717) is 0 Å². The van der Waals surface area contributed by atoms with Gasteiger partial charge in [-0.1, -0.05) is 380 Å². The molecule has 0 unspecified atom stereocenters. The Morgan fingerprint density at radius 2 is 0.525 bits per heavy atom. The number of fused-ring (bicyclic) bond motifs is 25. The van der Waals surface area contributed by atoms with Crippen molar-refractivity contribution in [2.24, 2.45) is 0 Å². The van der Waals surface area contributed by atoms with Crippen LogP contribution in [0.5, 0.6) is 0 Å². The zero-order chi connectivity index (χ0) is 92.1. The molecule has 27 aromatic rings. The second-order valence-corrected chi connectivity index (χ2v) is 38.9. The monoisotopic (exact) mass is 1770 g/mol. The average Bonchev–Trinajstić information content (AvgIpc) is 1.68. The predicted molar refractivity (Wildman–Crippen MR) is 585 cm³/mol. The summed E-state index contributed by atoms with van der Waals surface area (Å²) in [4.78, 5) is 4.98. The zero-order valence-corrected chi connectivity index (χ0v) is 77.4. The van der Waals surface area contributed by atoms with Crippen LogP contribution in [-0.2, 0) is 16.2 Å². The molecule has 3 aliphatic rings. The Balaban J connectivity index is 0.000000103. The molecule has 139 heavy (non-hydrogen) atoms. The molecule has 0 radical (unpaired) electrons. The molecule has 1 aliphatic carbocycles. The minimum atomic E-state index is -0.476. The first-order chi connectivity index (χ1) is 68.5. The van der Waals surface area contributed by atoms with Gasteiger partial charge >= 0.3 is 0 Å². The second-order valence-electron chi connectivity index (χ2n) is 38.9. The Kier molecular flexibility index (Phi) is 17.7. The Morgan fingerprint density at radius 1 is 0.187 bits per heavy atom. The van der Waals surface area contributed by atoms with Crippen molar-refractivity contribution in [1.29, 1.82) is 0 Å². The largest absolute Gasteiger partial charge is 0.310 e. The van der Waals surface area contributed by atoms with E-state index in [0.717, 1.165) is 5.69 Å². The standard InChI is InChI=1S/C48H38N2.C43H28N2.C42H26N2/c1-47(2)40-18-10-8-16-36(40)37-27-26-34(29-42(37)47)49(33-24-22-32(23-25-33)31-14-6-5-7-15-31)35-28-39-38-17-9-12-20-44(38)50-45-21-13-11-19-41(45)48(3,4)43(30-35)46(39)50;1-3-15-29(16-4-1)43(30-17-5-2-6-18-30)36-21-9-13-25-40(36)44(41-26-14-10-22-37(41)43)31-27-34-32-19-7-11-23-38(32)45-39-24-12-8-20-33(39)35(28-31)42(34)45;1-3-11-27(12-4-1)29-19-21-40-34(23-29)35-24-30(28-13-5-2-6-14-28)20-22-41(35)43(40)31-25-36-32-15-7-9-17-38(32)44-39-18-10-8-16-33(39)37(26-31)42(36)44/h5-30H,1-4H3;1-28H;1-26H. The fourth-order valence-electron chi connectivity index (χ4n) is 24.7. The van der Waals surface area contributed by atoms with Crippen LogP contribution in [0.15, 0.2) is 485 Å². The number of hydrogen-bond donors (Lipinski definition) is 0. The maximum Gasteiger partial charge on any atom is 0.0742 e. The fraction of sp³-hybridized carbons (Fsp3) is 0.0526. The van der Waals surface area contributed by atoms with Crippen LogP contribution < -0.4 is 9.80 Å². The quantitative estimate of drug-likeness (QED) is 0.136. The first-order valence-electron chi connectivity index (χ1n) is 48.5. The number of anilines is 6. The minimum absolute atomic E-state index is 0.0974. The lowest BCUT2D eigenvalue weighted by Gasteiger charge is -2.46. The summed E-state index contributed by atoms with van der Waals surface area (Å²) in [6.07, 6.45) is 0. The van der Waals surface area contributed by atoms with E-state index in [1.165, 1.54) is 249 Å². The van der Waals surface area contributed by atoms with Gasteiger partial charge in [-0.05, 0) is 222 Å². The third kappa shape index (κ3) is 11.8. The molecule has 0 N–H and O–H groups in total. The fourth-order valence-corrected chi connectivity index (χ4v) is 24.7. The number of nitrogens with zero attached hydrogens (tertiary/aromatic N) is 6. The Labute approximate surface area is 805 Å². The van der Waals surface area contributed by atoms with Crippen LogP contribution >= 0.6 is 0 Å². The summed E-state index contributed by atoms with van der Waals surface area (Å²) in [5.74, 6) is 0. The smallest absolute Gasteiger partial charge is 0.0742 e. The van der Waals surface area contributed by atoms with E-state index in [1.54, 1.807) is 0 Å². The van der Waals surface area contributed by atoms with Crippen LogP contribution in [0.4, 0.5) is 34.1 Å². The second kappa shape index (κ2) is 30.7. The van der Waals surface area contributed by atoms with Crippen molar-refractivity contribution in [3.05, 3.63) is 530 Å². The lowest BCUT2D eigenvalue weighted by molar-refractivity contribution is 0.630. The SMILES string of the molecule is CC1(C)c2ccccc2-c2ccc(N(c3ccc(-c4ccccc4)cc3)c3cc4c5c(c3)c3ccccc3n5-c3ccccc3C4(C)C)cc21.c1ccc(-c2ccc3c(c2)c2cc(-c4ccccc4)ccc2n3-c2cc3c4ccccc4n4c5ccccc5c(c2)c34)cc1.c1ccc(C2(c3ccccc3)c3ccccc3N(c3cc4c5ccccc5n5c6ccccc6c(c3)c45)c3ccccc32)cc1. The van der Waals surface area contributed by atoms with Gasteiger partial charge in [-0.2, -0.15) is 0 Å². The Hall–Kier alpha value is -17.6. The van der Waals surface area contributed by atoms with Gasteiger partial charge in [0.05, 0.1) is 77.6 Å². The van der Waals surface area contributed by atoms with Crippen molar-refractivity contribution in [2.45, 2.75) is 43.9 Å². The van der Waals surface area contributed by atoms with Crippen molar-refractivity contribution in [2.75, 3.05) is 9.80 Å². The Bertz CT molecular complexity index is 9280. The third-order valence-corrected chi connectivity index (χ3v) is 30.9. The van der Waals surface area contributed by atoms with Gasteiger partial charge in [0.1, 0.15) is 0 Å². The zero-order valence-electron chi connectivity index (χ0n) is 77.4. The molecule has 30 rings (SSSR count). The molecule has 0 saturated heterocycles. The maximum absolute atomic E-state index is 2.50. The highest BCUT2D eigenvalue weighted by atomic mass is 15.2. The van der Waals surface area contributed by atoms with E-state index in [4.69, 9.17) is 0 Å². The summed E-state index contributed by atoms with van der Waals surface area (Å²) in [6.45, 7) is 9.51. The molecule has 0 atom stereocenters. The van der Waals surface area contributed by atoms with Gasteiger partial charge in [0.25, 0.3) is 0 Å². The van der Waals surface area contributed by atoms with Crippen molar-refractivity contribution in [3.63, 3.8) is 0 Å². The van der Waals surface area contributed by atoms with E-state index < -0.39 is 5.41 Å². The number of aromatic nitrogens is 4. The van der Waals surface area contributed by atoms with Gasteiger partial charge in [-0.3, -0.25) is 0 Å². The van der Waals surface area contributed by atoms with Gasteiger partial charge in [-0.15, -0.1) is 0 Å².